The van der Waals surface area contributed by atoms with Crippen molar-refractivity contribution in [2.24, 2.45) is 0 Å². The minimum Gasteiger partial charge on any atom is -0.491 e. The molecule has 65 heavy (non-hydrogen) atoms. The number of pyridine rings is 1. The first-order chi connectivity index (χ1) is 31.3. The molecule has 4 aliphatic rings. The van der Waals surface area contributed by atoms with E-state index >= 15 is 8.78 Å². The topological polar surface area (TPSA) is 187 Å². The Labute approximate surface area is 371 Å². The second-order valence-electron chi connectivity index (χ2n) is 16.3. The average molecular weight is 915 g/mol. The number of amides is 3. The van der Waals surface area contributed by atoms with E-state index in [1.54, 1.807) is 24.4 Å². The predicted molar refractivity (Wildman–Crippen MR) is 232 cm³/mol. The van der Waals surface area contributed by atoms with E-state index in [9.17, 15) is 32.0 Å². The molecule has 3 N–H and O–H groups in total. The number of aromatic amines is 1. The Kier molecular flexibility index (Phi) is 12.3. The van der Waals surface area contributed by atoms with Gasteiger partial charge in [-0.15, -0.1) is 0 Å². The molecule has 9 rings (SSSR count). The second-order valence-corrected chi connectivity index (χ2v) is 18.0. The molecule has 3 saturated heterocycles. The number of aromatic nitrogens is 2. The molecule has 1 unspecified atom stereocenters. The largest absolute Gasteiger partial charge is 0.491 e. The van der Waals surface area contributed by atoms with E-state index in [4.69, 9.17) is 9.47 Å². The zero-order valence-electron chi connectivity index (χ0n) is 35.0. The molecule has 16 nitrogen and oxygen atoms in total. The van der Waals surface area contributed by atoms with Crippen molar-refractivity contribution >= 4 is 56.1 Å². The van der Waals surface area contributed by atoms with Gasteiger partial charge in [-0.25, -0.2) is 18.2 Å². The number of H-pyrrole nitrogens is 1. The summed E-state index contributed by atoms with van der Waals surface area (Å²) in [7, 11) is -4.36. The molecule has 6 heterocycles. The molecule has 3 aromatic carbocycles. The average Bonchev–Trinajstić information content (AvgIpc) is 4.03. The number of halogens is 3. The fraction of sp³-hybridized carbons (Fsp3) is 0.356. The Morgan fingerprint density at radius 1 is 0.908 bits per heavy atom. The summed E-state index contributed by atoms with van der Waals surface area (Å²) in [6.07, 6.45) is 2.08. The first-order valence-electron chi connectivity index (χ1n) is 21.3. The van der Waals surface area contributed by atoms with Gasteiger partial charge in [0.1, 0.15) is 36.0 Å². The number of benzene rings is 3. The zero-order valence-corrected chi connectivity index (χ0v) is 35.8. The lowest BCUT2D eigenvalue weighted by Crippen LogP contribution is -2.52. The van der Waals surface area contributed by atoms with Gasteiger partial charge in [0.2, 0.25) is 17.6 Å². The number of carbonyl (C=O) groups is 4. The lowest BCUT2D eigenvalue weighted by Gasteiger charge is -2.36. The second kappa shape index (κ2) is 18.3. The van der Waals surface area contributed by atoms with Gasteiger partial charge in [0.15, 0.2) is 5.82 Å². The maximum atomic E-state index is 15.7. The number of imide groups is 1. The third-order valence-corrected chi connectivity index (χ3v) is 13.7. The Morgan fingerprint density at radius 2 is 1.71 bits per heavy atom. The minimum absolute atomic E-state index is 0.00128. The molecule has 2 aromatic heterocycles. The highest BCUT2D eigenvalue weighted by Crippen LogP contribution is 2.33. The van der Waals surface area contributed by atoms with Crippen LogP contribution < -0.4 is 19.7 Å². The number of anilines is 2. The maximum Gasteiger partial charge on any atom is 0.301 e. The van der Waals surface area contributed by atoms with Crippen molar-refractivity contribution in [1.82, 2.24) is 29.4 Å². The molecule has 340 valence electrons. The SMILES string of the molecule is O=C1CCC(N2Cc3cc(OCCOCCN4CCN(c5ccc(-c6cnc7[nH]cc(C(=O)c8c(F)ccc(NS(=O)(=O)N9CC[C@@H](F)C9)c8F)c7c6)cc5)CC4)ccc3C2=O)C(=O)N1. The number of hydrogen-bond donors (Lipinski definition) is 3. The number of piperidine rings is 1. The lowest BCUT2D eigenvalue weighted by molar-refractivity contribution is -0.136. The monoisotopic (exact) mass is 914 g/mol. The standard InChI is InChI=1S/C45H45F3N8O8S/c46-30-11-12-55(26-30)65(61,62)52-37-8-7-36(47)40(41(37)48)42(58)35-24-50-43-34(35)22-28(23-49-43)27-1-3-31(4-2-27)54-15-13-53(14-16-54)17-18-63-19-20-64-32-5-6-33-29(21-32)25-56(45(33)60)38-9-10-39(57)51-44(38)59/h1-8,21-24,30,38,52H,9-20,25-26H2,(H,49,50)(H,51,57,59)/t30-,38?/m1/s1. The van der Waals surface area contributed by atoms with Crippen LogP contribution in [0.2, 0.25) is 0 Å². The summed E-state index contributed by atoms with van der Waals surface area (Å²) in [5.41, 5.74) is 2.47. The lowest BCUT2D eigenvalue weighted by atomic mass is 9.99. The molecule has 20 heteroatoms. The number of fused-ring (bicyclic) bond motifs is 2. The number of piperazine rings is 1. The van der Waals surface area contributed by atoms with Gasteiger partial charge < -0.3 is 24.3 Å². The van der Waals surface area contributed by atoms with Gasteiger partial charge in [0, 0.05) is 98.9 Å². The van der Waals surface area contributed by atoms with Crippen molar-refractivity contribution < 1.29 is 50.2 Å². The highest BCUT2D eigenvalue weighted by atomic mass is 32.2. The number of hydrogen-bond acceptors (Lipinski definition) is 11. The zero-order chi connectivity index (χ0) is 45.4. The van der Waals surface area contributed by atoms with Crippen LogP contribution in [0.1, 0.15) is 51.1 Å². The van der Waals surface area contributed by atoms with Crippen LogP contribution >= 0.6 is 0 Å². The number of ketones is 1. The van der Waals surface area contributed by atoms with Gasteiger partial charge in [0.25, 0.3) is 5.91 Å². The van der Waals surface area contributed by atoms with Gasteiger partial charge >= 0.3 is 10.2 Å². The molecule has 0 bridgehead atoms. The third-order valence-electron chi connectivity index (χ3n) is 12.2. The van der Waals surface area contributed by atoms with E-state index in [1.165, 1.54) is 11.1 Å². The molecule has 3 fully saturated rings. The van der Waals surface area contributed by atoms with Crippen molar-refractivity contribution in [2.45, 2.75) is 38.0 Å². The highest BCUT2D eigenvalue weighted by Gasteiger charge is 2.39. The van der Waals surface area contributed by atoms with Gasteiger partial charge in [-0.1, -0.05) is 12.1 Å². The summed E-state index contributed by atoms with van der Waals surface area (Å²) >= 11 is 0. The number of rotatable bonds is 15. The number of nitrogens with one attached hydrogen (secondary N) is 3. The van der Waals surface area contributed by atoms with E-state index in [2.05, 4.69) is 25.1 Å². The fourth-order valence-electron chi connectivity index (χ4n) is 8.68. The van der Waals surface area contributed by atoms with E-state index in [1.807, 2.05) is 35.1 Å². The summed E-state index contributed by atoms with van der Waals surface area (Å²) in [4.78, 5) is 64.0. The smallest absolute Gasteiger partial charge is 0.301 e. The fourth-order valence-corrected chi connectivity index (χ4v) is 9.95. The molecule has 2 atom stereocenters. The Hall–Kier alpha value is -6.35. The molecule has 0 radical (unpaired) electrons. The van der Waals surface area contributed by atoms with Crippen LogP contribution in [0.4, 0.5) is 24.5 Å². The van der Waals surface area contributed by atoms with Crippen LogP contribution in [0.25, 0.3) is 22.2 Å². The van der Waals surface area contributed by atoms with Crippen LogP contribution in [-0.2, 0) is 31.1 Å². The molecule has 4 aliphatic heterocycles. The molecular formula is C45H45F3N8O8S. The van der Waals surface area contributed by atoms with Crippen molar-refractivity contribution in [3.05, 3.63) is 107 Å². The van der Waals surface area contributed by atoms with Gasteiger partial charge in [-0.3, -0.25) is 34.1 Å². The van der Waals surface area contributed by atoms with Crippen LogP contribution in [0.5, 0.6) is 5.75 Å². The molecular weight excluding hydrogens is 870 g/mol. The quantitative estimate of drug-likeness (QED) is 0.0768. The van der Waals surface area contributed by atoms with Crippen molar-refractivity contribution in [1.29, 1.82) is 0 Å². The number of alkyl halides is 1. The van der Waals surface area contributed by atoms with E-state index in [0.717, 1.165) is 66.0 Å². The Bertz CT molecular complexity index is 2780. The highest BCUT2D eigenvalue weighted by molar-refractivity contribution is 7.90. The number of ether oxygens (including phenoxy) is 2. The molecule has 0 saturated carbocycles. The Balaban J connectivity index is 0.742. The first-order valence-corrected chi connectivity index (χ1v) is 22.7. The van der Waals surface area contributed by atoms with Gasteiger partial charge in [-0.2, -0.15) is 12.7 Å². The van der Waals surface area contributed by atoms with Crippen molar-refractivity contribution in [3.8, 4) is 16.9 Å². The maximum absolute atomic E-state index is 15.7. The Morgan fingerprint density at radius 3 is 2.46 bits per heavy atom. The van der Waals surface area contributed by atoms with E-state index < -0.39 is 63.5 Å². The molecule has 3 amide bonds. The van der Waals surface area contributed by atoms with Gasteiger partial charge in [0.05, 0.1) is 24.5 Å². The summed E-state index contributed by atoms with van der Waals surface area (Å²) in [5, 5.41) is 2.63. The minimum atomic E-state index is -4.36. The van der Waals surface area contributed by atoms with Crippen LogP contribution in [0.15, 0.2) is 73.1 Å². The van der Waals surface area contributed by atoms with Crippen molar-refractivity contribution in [3.63, 3.8) is 0 Å². The summed E-state index contributed by atoms with van der Waals surface area (Å²) < 4.78 is 84.7. The number of nitrogens with zero attached hydrogens (tertiary/aromatic N) is 5. The molecule has 0 spiro atoms. The summed E-state index contributed by atoms with van der Waals surface area (Å²) in [6, 6.07) is 15.8. The van der Waals surface area contributed by atoms with E-state index in [-0.39, 0.29) is 43.3 Å². The normalized spacial score (nSPS) is 19.5. The molecule has 5 aromatic rings. The number of carbonyl (C=O) groups excluding carboxylic acids is 4. The van der Waals surface area contributed by atoms with Crippen LogP contribution in [0, 0.1) is 11.6 Å². The van der Waals surface area contributed by atoms with Crippen molar-refractivity contribution in [2.75, 3.05) is 75.3 Å². The van der Waals surface area contributed by atoms with Gasteiger partial charge in [-0.05, 0) is 72.5 Å². The first kappa shape index (κ1) is 43.9. The van der Waals surface area contributed by atoms with Crippen LogP contribution in [-0.4, -0.2) is 134 Å². The van der Waals surface area contributed by atoms with Crippen LogP contribution in [0.3, 0.4) is 0 Å². The summed E-state index contributed by atoms with van der Waals surface area (Å²) in [5.74, 6) is -3.98. The van der Waals surface area contributed by atoms with E-state index in [0.29, 0.717) is 54.2 Å². The summed E-state index contributed by atoms with van der Waals surface area (Å²) in [6.45, 7) is 5.07. The third kappa shape index (κ3) is 9.15. The molecule has 0 aliphatic carbocycles. The predicted octanol–water partition coefficient (Wildman–Crippen LogP) is 4.42.